The highest BCUT2D eigenvalue weighted by Crippen LogP contribution is 2.41. The van der Waals surface area contributed by atoms with Crippen molar-refractivity contribution in [1.29, 1.82) is 0 Å². The van der Waals surface area contributed by atoms with Gasteiger partial charge in [-0.3, -0.25) is 29.3 Å². The summed E-state index contributed by atoms with van der Waals surface area (Å²) in [7, 11) is 1.34. The summed E-state index contributed by atoms with van der Waals surface area (Å²) < 4.78 is 10.8. The Bertz CT molecular complexity index is 1450. The van der Waals surface area contributed by atoms with Crippen LogP contribution in [-0.2, 0) is 19.2 Å². The summed E-state index contributed by atoms with van der Waals surface area (Å²) in [6.07, 6.45) is 3.04. The molecule has 2 fully saturated rings. The largest absolute Gasteiger partial charge is 0.494 e. The van der Waals surface area contributed by atoms with E-state index >= 15 is 0 Å². The van der Waals surface area contributed by atoms with Crippen molar-refractivity contribution in [2.75, 3.05) is 23.5 Å². The zero-order chi connectivity index (χ0) is 28.0. The first-order valence-electron chi connectivity index (χ1n) is 12.6. The van der Waals surface area contributed by atoms with Crippen molar-refractivity contribution < 1.29 is 33.6 Å². The number of esters is 1. The standard InChI is InChI=1S/C28H27N3O8/c1-15-4-7-20-21(10-15)27(34)30(26(20)33)22-9-6-19(11-16(22)2)39-28(35)17-12-25(32)29(14-17)23-8-5-18(31(36)37)13-24(23)38-3/h4-6,8-9,11,13,17,20-21H,7,10,12,14H2,1-3H3/t17-,20+,21+/m1/s1. The lowest BCUT2D eigenvalue weighted by Gasteiger charge is -2.19. The number of nitro benzene ring substituents is 1. The number of amides is 3. The lowest BCUT2D eigenvalue weighted by atomic mass is 9.82. The first-order valence-corrected chi connectivity index (χ1v) is 12.6. The molecule has 0 bridgehead atoms. The zero-order valence-corrected chi connectivity index (χ0v) is 21.7. The number of methoxy groups -OCH3 is 1. The van der Waals surface area contributed by atoms with Crippen LogP contribution in [0, 0.1) is 34.8 Å². The molecule has 2 aliphatic heterocycles. The SMILES string of the molecule is COc1cc([N+](=O)[O-])ccc1N1C[C@H](C(=O)Oc2ccc(N3C(=O)[C@H]4CC=C(C)C[C@@H]4C3=O)c(C)c2)CC1=O. The van der Waals surface area contributed by atoms with Gasteiger partial charge in [0.15, 0.2) is 0 Å². The lowest BCUT2D eigenvalue weighted by molar-refractivity contribution is -0.384. The molecule has 0 N–H and O–H groups in total. The molecule has 0 saturated carbocycles. The number of nitro groups is 1. The summed E-state index contributed by atoms with van der Waals surface area (Å²) in [5.74, 6) is -2.47. The molecule has 5 rings (SSSR count). The molecule has 39 heavy (non-hydrogen) atoms. The number of nitrogens with zero attached hydrogens (tertiary/aromatic N) is 3. The molecule has 3 atom stereocenters. The molecular weight excluding hydrogens is 506 g/mol. The normalized spacial score (nSPS) is 22.6. The summed E-state index contributed by atoms with van der Waals surface area (Å²) in [5.41, 5.74) is 2.32. The number of hydrogen-bond acceptors (Lipinski definition) is 8. The Hall–Kier alpha value is -4.54. The van der Waals surface area contributed by atoms with E-state index in [9.17, 15) is 29.3 Å². The van der Waals surface area contributed by atoms with Crippen molar-refractivity contribution in [3.05, 3.63) is 63.7 Å². The van der Waals surface area contributed by atoms with Gasteiger partial charge in [0.1, 0.15) is 11.5 Å². The molecule has 202 valence electrons. The Morgan fingerprint density at radius 1 is 1.00 bits per heavy atom. The van der Waals surface area contributed by atoms with Gasteiger partial charge in [-0.1, -0.05) is 11.6 Å². The monoisotopic (exact) mass is 533 g/mol. The van der Waals surface area contributed by atoms with E-state index in [1.54, 1.807) is 19.1 Å². The summed E-state index contributed by atoms with van der Waals surface area (Å²) in [4.78, 5) is 64.9. The molecule has 2 aromatic carbocycles. The van der Waals surface area contributed by atoms with Gasteiger partial charge in [0.2, 0.25) is 17.7 Å². The van der Waals surface area contributed by atoms with Crippen molar-refractivity contribution in [2.45, 2.75) is 33.1 Å². The molecule has 0 aromatic heterocycles. The molecule has 0 unspecified atom stereocenters. The maximum absolute atomic E-state index is 13.1. The second-order valence-corrected chi connectivity index (χ2v) is 10.1. The summed E-state index contributed by atoms with van der Waals surface area (Å²) in [6.45, 7) is 3.72. The molecular formula is C28H27N3O8. The topological polar surface area (TPSA) is 136 Å². The van der Waals surface area contributed by atoms with Crippen molar-refractivity contribution in [3.63, 3.8) is 0 Å². The molecule has 1 aliphatic carbocycles. The number of imide groups is 1. The Kier molecular flexibility index (Phi) is 6.67. The fourth-order valence-electron chi connectivity index (χ4n) is 5.52. The van der Waals surface area contributed by atoms with Gasteiger partial charge in [0, 0.05) is 19.0 Å². The number of aryl methyl sites for hydroxylation is 1. The van der Waals surface area contributed by atoms with Crippen LogP contribution in [0.4, 0.5) is 17.1 Å². The average Bonchev–Trinajstić information content (AvgIpc) is 3.40. The van der Waals surface area contributed by atoms with Gasteiger partial charge < -0.3 is 14.4 Å². The van der Waals surface area contributed by atoms with Crippen LogP contribution in [0.1, 0.15) is 31.7 Å². The van der Waals surface area contributed by atoms with Crippen molar-refractivity contribution in [3.8, 4) is 11.5 Å². The maximum Gasteiger partial charge on any atom is 0.316 e. The number of rotatable bonds is 6. The highest BCUT2D eigenvalue weighted by atomic mass is 16.6. The second kappa shape index (κ2) is 9.97. The molecule has 3 aliphatic rings. The van der Waals surface area contributed by atoms with Crippen LogP contribution in [0.2, 0.25) is 0 Å². The smallest absolute Gasteiger partial charge is 0.316 e. The van der Waals surface area contributed by atoms with Gasteiger partial charge >= 0.3 is 5.97 Å². The zero-order valence-electron chi connectivity index (χ0n) is 21.7. The Morgan fingerprint density at radius 3 is 2.41 bits per heavy atom. The number of benzene rings is 2. The number of fused-ring (bicyclic) bond motifs is 1. The van der Waals surface area contributed by atoms with Gasteiger partial charge in [-0.2, -0.15) is 0 Å². The fraction of sp³-hybridized carbons (Fsp3) is 0.357. The summed E-state index contributed by atoms with van der Waals surface area (Å²) in [5, 5.41) is 11.1. The van der Waals surface area contributed by atoms with Crippen LogP contribution >= 0.6 is 0 Å². The third kappa shape index (κ3) is 4.64. The number of hydrogen-bond donors (Lipinski definition) is 0. The highest BCUT2D eigenvalue weighted by molar-refractivity contribution is 6.22. The summed E-state index contributed by atoms with van der Waals surface area (Å²) >= 11 is 0. The van der Waals surface area contributed by atoms with Gasteiger partial charge in [-0.15, -0.1) is 0 Å². The average molecular weight is 534 g/mol. The van der Waals surface area contributed by atoms with E-state index in [1.165, 1.54) is 41.2 Å². The third-order valence-corrected chi connectivity index (χ3v) is 7.57. The number of anilines is 2. The van der Waals surface area contributed by atoms with E-state index in [1.807, 2.05) is 13.0 Å². The molecule has 11 nitrogen and oxygen atoms in total. The van der Waals surface area contributed by atoms with Crippen molar-refractivity contribution in [1.82, 2.24) is 0 Å². The van der Waals surface area contributed by atoms with Crippen LogP contribution in [0.5, 0.6) is 11.5 Å². The van der Waals surface area contributed by atoms with Gasteiger partial charge in [0.05, 0.1) is 47.2 Å². The van der Waals surface area contributed by atoms with E-state index in [4.69, 9.17) is 9.47 Å². The van der Waals surface area contributed by atoms with E-state index in [2.05, 4.69) is 0 Å². The number of carbonyl (C=O) groups excluding carboxylic acids is 4. The van der Waals surface area contributed by atoms with E-state index < -0.39 is 16.8 Å². The Labute approximate surface area is 224 Å². The minimum Gasteiger partial charge on any atom is -0.494 e. The maximum atomic E-state index is 13.1. The Balaban J connectivity index is 1.28. The number of allylic oxidation sites excluding steroid dienone is 2. The molecule has 3 amide bonds. The van der Waals surface area contributed by atoms with Crippen molar-refractivity contribution in [2.24, 2.45) is 17.8 Å². The molecule has 2 heterocycles. The predicted octanol–water partition coefficient (Wildman–Crippen LogP) is 3.72. The van der Waals surface area contributed by atoms with Gasteiger partial charge in [-0.05, 0) is 56.5 Å². The van der Waals surface area contributed by atoms with Crippen LogP contribution < -0.4 is 19.3 Å². The van der Waals surface area contributed by atoms with Crippen molar-refractivity contribution >= 4 is 40.8 Å². The summed E-state index contributed by atoms with van der Waals surface area (Å²) in [6, 6.07) is 8.62. The molecule has 2 aromatic rings. The van der Waals surface area contributed by atoms with Gasteiger partial charge in [0.25, 0.3) is 5.69 Å². The minimum atomic E-state index is -0.766. The Morgan fingerprint density at radius 2 is 1.72 bits per heavy atom. The van der Waals surface area contributed by atoms with E-state index in [0.717, 1.165) is 5.57 Å². The molecule has 2 saturated heterocycles. The third-order valence-electron chi connectivity index (χ3n) is 7.57. The molecule has 11 heteroatoms. The van der Waals surface area contributed by atoms with E-state index in [0.29, 0.717) is 29.8 Å². The number of non-ortho nitro benzene ring substituents is 1. The van der Waals surface area contributed by atoms with Crippen LogP contribution in [0.15, 0.2) is 48.0 Å². The highest BCUT2D eigenvalue weighted by Gasteiger charge is 2.49. The fourth-order valence-corrected chi connectivity index (χ4v) is 5.52. The first kappa shape index (κ1) is 26.1. The second-order valence-electron chi connectivity index (χ2n) is 10.1. The van der Waals surface area contributed by atoms with E-state index in [-0.39, 0.29) is 59.7 Å². The molecule has 0 radical (unpaired) electrons. The first-order chi connectivity index (χ1) is 18.6. The number of carbonyl (C=O) groups is 4. The van der Waals surface area contributed by atoms with Crippen LogP contribution in [0.3, 0.4) is 0 Å². The number of ether oxygens (including phenoxy) is 2. The van der Waals surface area contributed by atoms with Crippen LogP contribution in [-0.4, -0.2) is 42.3 Å². The molecule has 0 spiro atoms. The lowest BCUT2D eigenvalue weighted by Crippen LogP contribution is -2.31. The quantitative estimate of drug-likeness (QED) is 0.137. The predicted molar refractivity (Wildman–Crippen MR) is 139 cm³/mol. The van der Waals surface area contributed by atoms with Crippen LogP contribution in [0.25, 0.3) is 0 Å². The minimum absolute atomic E-state index is 0.0237. The van der Waals surface area contributed by atoms with Gasteiger partial charge in [-0.25, -0.2) is 4.90 Å².